The van der Waals surface area contributed by atoms with E-state index in [1.54, 1.807) is 11.1 Å². The van der Waals surface area contributed by atoms with Crippen molar-refractivity contribution in [2.75, 3.05) is 13.6 Å². The molecule has 0 spiro atoms. The highest BCUT2D eigenvalue weighted by Crippen LogP contribution is 2.42. The van der Waals surface area contributed by atoms with Crippen LogP contribution >= 0.6 is 0 Å². The number of hydrogen-bond donors (Lipinski definition) is 1. The lowest BCUT2D eigenvalue weighted by Gasteiger charge is -2.21. The van der Waals surface area contributed by atoms with Gasteiger partial charge in [-0.1, -0.05) is 32.0 Å². The lowest BCUT2D eigenvalue weighted by Crippen LogP contribution is -2.34. The Morgan fingerprint density at radius 3 is 2.60 bits per heavy atom. The largest absolute Gasteiger partial charge is 0.342 e. The highest BCUT2D eigenvalue weighted by Gasteiger charge is 2.33. The van der Waals surface area contributed by atoms with Crippen LogP contribution in [0.2, 0.25) is 0 Å². The second kappa shape index (κ2) is 7.40. The molecule has 1 atom stereocenters. The molecule has 1 aromatic carbocycles. The number of carbonyl (C=O) groups excluding carboxylic acids is 1. The van der Waals surface area contributed by atoms with E-state index in [2.05, 4.69) is 18.9 Å². The van der Waals surface area contributed by atoms with Crippen molar-refractivity contribution < 1.29 is 4.79 Å². The van der Waals surface area contributed by atoms with Crippen molar-refractivity contribution in [3.63, 3.8) is 0 Å². The van der Waals surface area contributed by atoms with Gasteiger partial charge >= 0.3 is 0 Å². The SMILES string of the molecule is CC(C)C(N)CCN(C)C(=O)c1cnn(-c2ccccc2)c1C1CC1. The third kappa shape index (κ3) is 3.93. The van der Waals surface area contributed by atoms with Gasteiger partial charge in [-0.05, 0) is 37.3 Å². The molecule has 1 aromatic heterocycles. The van der Waals surface area contributed by atoms with E-state index in [0.29, 0.717) is 18.4 Å². The van der Waals surface area contributed by atoms with Crippen molar-refractivity contribution in [2.24, 2.45) is 11.7 Å². The number of nitrogens with two attached hydrogens (primary N) is 1. The van der Waals surface area contributed by atoms with Gasteiger partial charge in [0.15, 0.2) is 0 Å². The average molecular weight is 340 g/mol. The van der Waals surface area contributed by atoms with E-state index in [0.717, 1.165) is 36.2 Å². The number of aromatic nitrogens is 2. The molecule has 2 aromatic rings. The topological polar surface area (TPSA) is 64.2 Å². The molecule has 0 aliphatic heterocycles. The third-order valence-corrected chi connectivity index (χ3v) is 5.00. The molecule has 1 heterocycles. The minimum absolute atomic E-state index is 0.0417. The van der Waals surface area contributed by atoms with E-state index in [4.69, 9.17) is 5.73 Å². The van der Waals surface area contributed by atoms with Crippen LogP contribution in [0.1, 0.15) is 55.1 Å². The van der Waals surface area contributed by atoms with Gasteiger partial charge in [0.2, 0.25) is 0 Å². The summed E-state index contributed by atoms with van der Waals surface area (Å²) >= 11 is 0. The Morgan fingerprint density at radius 2 is 2.00 bits per heavy atom. The molecule has 3 rings (SSSR count). The molecule has 0 radical (unpaired) electrons. The van der Waals surface area contributed by atoms with E-state index in [1.807, 2.05) is 42.1 Å². The Balaban J connectivity index is 1.80. The van der Waals surface area contributed by atoms with Crippen molar-refractivity contribution in [1.29, 1.82) is 0 Å². The number of hydrogen-bond acceptors (Lipinski definition) is 3. The van der Waals surface area contributed by atoms with Crippen molar-refractivity contribution >= 4 is 5.91 Å². The van der Waals surface area contributed by atoms with E-state index in [9.17, 15) is 4.79 Å². The molecule has 2 N–H and O–H groups in total. The summed E-state index contributed by atoms with van der Waals surface area (Å²) in [5.41, 5.74) is 8.91. The molecule has 1 saturated carbocycles. The summed E-state index contributed by atoms with van der Waals surface area (Å²) in [6, 6.07) is 10.1. The molecule has 1 fully saturated rings. The molecular formula is C20H28N4O. The van der Waals surface area contributed by atoms with Crippen LogP contribution in [0.25, 0.3) is 5.69 Å². The number of carbonyl (C=O) groups is 1. The molecule has 134 valence electrons. The predicted molar refractivity (Wildman–Crippen MR) is 99.9 cm³/mol. The zero-order valence-electron chi connectivity index (χ0n) is 15.4. The minimum atomic E-state index is 0.0417. The molecule has 1 aliphatic carbocycles. The Morgan fingerprint density at radius 1 is 1.32 bits per heavy atom. The Bertz CT molecular complexity index is 719. The normalized spacial score (nSPS) is 15.4. The van der Waals surface area contributed by atoms with Gasteiger partial charge in [0.25, 0.3) is 5.91 Å². The summed E-state index contributed by atoms with van der Waals surface area (Å²) in [5, 5.41) is 4.52. The first-order chi connectivity index (χ1) is 12.0. The van der Waals surface area contributed by atoms with Crippen LogP contribution in [0.5, 0.6) is 0 Å². The van der Waals surface area contributed by atoms with Gasteiger partial charge in [-0.15, -0.1) is 0 Å². The number of rotatable bonds is 7. The summed E-state index contributed by atoms with van der Waals surface area (Å²) in [7, 11) is 1.85. The van der Waals surface area contributed by atoms with Gasteiger partial charge in [0.1, 0.15) is 0 Å². The fraction of sp³-hybridized carbons (Fsp3) is 0.500. The van der Waals surface area contributed by atoms with E-state index < -0.39 is 0 Å². The highest BCUT2D eigenvalue weighted by atomic mass is 16.2. The van der Waals surface area contributed by atoms with Crippen molar-refractivity contribution in [3.8, 4) is 5.69 Å². The lowest BCUT2D eigenvalue weighted by molar-refractivity contribution is 0.0788. The van der Waals surface area contributed by atoms with Crippen LogP contribution in [-0.2, 0) is 0 Å². The molecule has 5 nitrogen and oxygen atoms in total. The smallest absolute Gasteiger partial charge is 0.257 e. The molecule has 0 saturated heterocycles. The average Bonchev–Trinajstić information content (AvgIpc) is 3.37. The highest BCUT2D eigenvalue weighted by molar-refractivity contribution is 5.95. The van der Waals surface area contributed by atoms with Gasteiger partial charge in [-0.3, -0.25) is 4.79 Å². The van der Waals surface area contributed by atoms with Gasteiger partial charge < -0.3 is 10.6 Å². The minimum Gasteiger partial charge on any atom is -0.342 e. The molecule has 25 heavy (non-hydrogen) atoms. The van der Waals surface area contributed by atoms with Crippen LogP contribution in [0.4, 0.5) is 0 Å². The van der Waals surface area contributed by atoms with Crippen molar-refractivity contribution in [2.45, 2.75) is 45.1 Å². The van der Waals surface area contributed by atoms with E-state index in [1.165, 1.54) is 0 Å². The molecular weight excluding hydrogens is 312 g/mol. The van der Waals surface area contributed by atoms with Gasteiger partial charge in [-0.2, -0.15) is 5.10 Å². The third-order valence-electron chi connectivity index (χ3n) is 5.00. The number of para-hydroxylation sites is 1. The summed E-state index contributed by atoms with van der Waals surface area (Å²) in [5.74, 6) is 0.902. The molecule has 5 heteroatoms. The summed E-state index contributed by atoms with van der Waals surface area (Å²) < 4.78 is 1.93. The predicted octanol–water partition coefficient (Wildman–Crippen LogP) is 3.20. The first kappa shape index (κ1) is 17.7. The molecule has 1 aliphatic rings. The summed E-state index contributed by atoms with van der Waals surface area (Å²) in [4.78, 5) is 14.7. The second-order valence-electron chi connectivity index (χ2n) is 7.39. The Hall–Kier alpha value is -2.14. The number of benzene rings is 1. The van der Waals surface area contributed by atoms with Crippen molar-refractivity contribution in [3.05, 3.63) is 47.8 Å². The zero-order valence-corrected chi connectivity index (χ0v) is 15.4. The number of nitrogens with zero attached hydrogens (tertiary/aromatic N) is 3. The molecule has 1 amide bonds. The van der Waals surface area contributed by atoms with Gasteiger partial charge in [-0.25, -0.2) is 4.68 Å². The first-order valence-electron chi connectivity index (χ1n) is 9.13. The summed E-state index contributed by atoms with van der Waals surface area (Å²) in [6.45, 7) is 4.89. The van der Waals surface area contributed by atoms with Crippen LogP contribution < -0.4 is 5.73 Å². The van der Waals surface area contributed by atoms with Crippen LogP contribution in [0.3, 0.4) is 0 Å². The van der Waals surface area contributed by atoms with Crippen LogP contribution in [0, 0.1) is 5.92 Å². The molecule has 0 bridgehead atoms. The Kier molecular flexibility index (Phi) is 5.23. The Labute approximate surface area is 149 Å². The van der Waals surface area contributed by atoms with Gasteiger partial charge in [0.05, 0.1) is 23.1 Å². The quantitative estimate of drug-likeness (QED) is 0.842. The monoisotopic (exact) mass is 340 g/mol. The second-order valence-corrected chi connectivity index (χ2v) is 7.39. The van der Waals surface area contributed by atoms with Crippen LogP contribution in [-0.4, -0.2) is 40.2 Å². The van der Waals surface area contributed by atoms with Gasteiger partial charge in [0, 0.05) is 25.6 Å². The zero-order chi connectivity index (χ0) is 18.0. The van der Waals surface area contributed by atoms with Crippen molar-refractivity contribution in [1.82, 2.24) is 14.7 Å². The maximum atomic E-state index is 13.0. The maximum absolute atomic E-state index is 13.0. The number of amides is 1. The maximum Gasteiger partial charge on any atom is 0.257 e. The van der Waals surface area contributed by atoms with E-state index >= 15 is 0 Å². The lowest BCUT2D eigenvalue weighted by atomic mass is 10.0. The fourth-order valence-corrected chi connectivity index (χ4v) is 3.03. The van der Waals surface area contributed by atoms with E-state index in [-0.39, 0.29) is 11.9 Å². The van der Waals surface area contributed by atoms with Crippen LogP contribution in [0.15, 0.2) is 36.5 Å². The first-order valence-corrected chi connectivity index (χ1v) is 9.13. The summed E-state index contributed by atoms with van der Waals surface area (Å²) in [6.07, 6.45) is 4.79. The fourth-order valence-electron chi connectivity index (χ4n) is 3.03. The standard InChI is InChI=1S/C20H28N4O/c1-14(2)18(21)11-12-23(3)20(25)17-13-22-24(19(17)15-9-10-15)16-7-5-4-6-8-16/h4-8,13-15,18H,9-12,21H2,1-3H3. The molecule has 1 unspecified atom stereocenters.